The van der Waals surface area contributed by atoms with Crippen molar-refractivity contribution >= 4 is 10.0 Å². The summed E-state index contributed by atoms with van der Waals surface area (Å²) in [6.07, 6.45) is 0. The number of rotatable bonds is 5. The van der Waals surface area contributed by atoms with Crippen LogP contribution in [0.2, 0.25) is 0 Å². The fraction of sp³-hybridized carbons (Fsp3) is 0.333. The normalized spacial score (nSPS) is 13.3. The average molecular weight is 308 g/mol. The predicted octanol–water partition coefficient (Wildman–Crippen LogP) is 2.39. The van der Waals surface area contributed by atoms with Gasteiger partial charge in [-0.25, -0.2) is 13.1 Å². The van der Waals surface area contributed by atoms with Crippen LogP contribution >= 0.6 is 0 Å². The molecule has 0 radical (unpaired) electrons. The Morgan fingerprint density at radius 3 is 2.38 bits per heavy atom. The number of furan rings is 1. The second-order valence-corrected chi connectivity index (χ2v) is 6.63. The van der Waals surface area contributed by atoms with Gasteiger partial charge < -0.3 is 10.2 Å². The number of aryl methyl sites for hydroxylation is 2. The zero-order valence-electron chi connectivity index (χ0n) is 12.4. The van der Waals surface area contributed by atoms with Crippen molar-refractivity contribution in [1.82, 2.24) is 4.72 Å². The molecular formula is C15H20N2O3S. The van der Waals surface area contributed by atoms with Crippen molar-refractivity contribution in [2.75, 3.05) is 0 Å². The van der Waals surface area contributed by atoms with Gasteiger partial charge in [-0.3, -0.25) is 0 Å². The van der Waals surface area contributed by atoms with E-state index in [4.69, 9.17) is 10.2 Å². The molecule has 21 heavy (non-hydrogen) atoms. The van der Waals surface area contributed by atoms with Gasteiger partial charge in [0.2, 0.25) is 10.0 Å². The number of hydrogen-bond donors (Lipinski definition) is 2. The lowest BCUT2D eigenvalue weighted by atomic mass is 10.1. The van der Waals surface area contributed by atoms with E-state index in [1.807, 2.05) is 30.3 Å². The van der Waals surface area contributed by atoms with Crippen LogP contribution < -0.4 is 10.5 Å². The van der Waals surface area contributed by atoms with Crippen molar-refractivity contribution in [3.05, 3.63) is 53.0 Å². The van der Waals surface area contributed by atoms with Crippen LogP contribution in [-0.4, -0.2) is 8.42 Å². The molecule has 6 heteroatoms. The molecule has 0 spiro atoms. The number of nitrogens with one attached hydrogen (secondary N) is 1. The molecule has 2 rings (SSSR count). The third-order valence-electron chi connectivity index (χ3n) is 3.43. The van der Waals surface area contributed by atoms with E-state index in [1.165, 1.54) is 0 Å². The molecule has 0 saturated carbocycles. The minimum Gasteiger partial charge on any atom is -0.465 e. The van der Waals surface area contributed by atoms with E-state index >= 15 is 0 Å². The molecule has 114 valence electrons. The molecule has 0 fully saturated rings. The van der Waals surface area contributed by atoms with Crippen molar-refractivity contribution in [3.63, 3.8) is 0 Å². The molecule has 1 unspecified atom stereocenters. The molecule has 0 saturated heterocycles. The minimum atomic E-state index is -3.68. The summed E-state index contributed by atoms with van der Waals surface area (Å²) in [5.74, 6) is 0.906. The summed E-state index contributed by atoms with van der Waals surface area (Å²) < 4.78 is 33.3. The van der Waals surface area contributed by atoms with Gasteiger partial charge in [0.05, 0.1) is 0 Å². The highest BCUT2D eigenvalue weighted by atomic mass is 32.2. The van der Waals surface area contributed by atoms with E-state index in [0.29, 0.717) is 17.1 Å². The van der Waals surface area contributed by atoms with Crippen molar-refractivity contribution in [1.29, 1.82) is 0 Å². The molecule has 0 amide bonds. The lowest BCUT2D eigenvalue weighted by molar-refractivity contribution is 0.493. The highest BCUT2D eigenvalue weighted by molar-refractivity contribution is 7.89. The van der Waals surface area contributed by atoms with Crippen molar-refractivity contribution < 1.29 is 12.8 Å². The summed E-state index contributed by atoms with van der Waals surface area (Å²) in [5, 5.41) is 0. The van der Waals surface area contributed by atoms with Gasteiger partial charge in [0.25, 0.3) is 0 Å². The molecule has 0 aliphatic heterocycles. The Morgan fingerprint density at radius 2 is 1.81 bits per heavy atom. The second kappa shape index (κ2) is 6.01. The molecule has 3 N–H and O–H groups in total. The summed E-state index contributed by atoms with van der Waals surface area (Å²) in [5.41, 5.74) is 7.08. The van der Waals surface area contributed by atoms with Gasteiger partial charge in [0, 0.05) is 18.2 Å². The summed E-state index contributed by atoms with van der Waals surface area (Å²) in [4.78, 5) is 0.158. The van der Waals surface area contributed by atoms with Gasteiger partial charge >= 0.3 is 0 Å². The van der Waals surface area contributed by atoms with E-state index < -0.39 is 10.0 Å². The lowest BCUT2D eigenvalue weighted by Crippen LogP contribution is -2.28. The third kappa shape index (κ3) is 3.18. The molecule has 0 bridgehead atoms. The Hall–Kier alpha value is -1.63. The average Bonchev–Trinajstić information content (AvgIpc) is 2.73. The minimum absolute atomic E-state index is 0.124. The van der Waals surface area contributed by atoms with Crippen LogP contribution in [0.15, 0.2) is 39.6 Å². The number of hydrogen-bond acceptors (Lipinski definition) is 4. The van der Waals surface area contributed by atoms with Crippen molar-refractivity contribution in [2.45, 2.75) is 38.3 Å². The van der Waals surface area contributed by atoms with Gasteiger partial charge in [-0.2, -0.15) is 0 Å². The van der Waals surface area contributed by atoms with Crippen LogP contribution in [0.4, 0.5) is 0 Å². The highest BCUT2D eigenvalue weighted by Crippen LogP contribution is 2.27. The number of sulfonamides is 1. The maximum Gasteiger partial charge on any atom is 0.244 e. The first-order chi connectivity index (χ1) is 9.86. The predicted molar refractivity (Wildman–Crippen MR) is 81.3 cm³/mol. The number of benzene rings is 1. The fourth-order valence-electron chi connectivity index (χ4n) is 2.40. The maximum atomic E-state index is 12.6. The third-order valence-corrected chi connectivity index (χ3v) is 5.16. The van der Waals surface area contributed by atoms with Crippen molar-refractivity contribution in [3.8, 4) is 0 Å². The molecule has 1 heterocycles. The Labute approximate surface area is 125 Å². The van der Waals surface area contributed by atoms with Crippen LogP contribution in [0.25, 0.3) is 0 Å². The SMILES string of the molecule is Cc1oc(C)c(S(=O)(=O)NC(C)c2ccccc2)c1CN. The topological polar surface area (TPSA) is 85.3 Å². The molecule has 1 atom stereocenters. The zero-order chi connectivity index (χ0) is 15.6. The van der Waals surface area contributed by atoms with Gasteiger partial charge in [-0.15, -0.1) is 0 Å². The van der Waals surface area contributed by atoms with Crippen LogP contribution in [0.5, 0.6) is 0 Å². The lowest BCUT2D eigenvalue weighted by Gasteiger charge is -2.15. The fourth-order valence-corrected chi connectivity index (χ4v) is 4.09. The summed E-state index contributed by atoms with van der Waals surface area (Å²) in [6, 6.07) is 9.06. The van der Waals surface area contributed by atoms with Gasteiger partial charge in [0.15, 0.2) is 0 Å². The highest BCUT2D eigenvalue weighted by Gasteiger charge is 2.27. The monoisotopic (exact) mass is 308 g/mol. The van der Waals surface area contributed by atoms with Crippen LogP contribution in [-0.2, 0) is 16.6 Å². The largest absolute Gasteiger partial charge is 0.465 e. The smallest absolute Gasteiger partial charge is 0.244 e. The second-order valence-electron chi connectivity index (χ2n) is 4.98. The Bertz CT molecular complexity index is 721. The van der Waals surface area contributed by atoms with E-state index in [0.717, 1.165) is 5.56 Å². The zero-order valence-corrected chi connectivity index (χ0v) is 13.2. The Balaban J connectivity index is 2.36. The van der Waals surface area contributed by atoms with E-state index in [9.17, 15) is 8.42 Å². The standard InChI is InChI=1S/C15H20N2O3S/c1-10(13-7-5-4-6-8-13)17-21(18,19)15-12(3)20-11(2)14(15)9-16/h4-8,10,17H,9,16H2,1-3H3. The van der Waals surface area contributed by atoms with Crippen LogP contribution in [0.1, 0.15) is 35.6 Å². The van der Waals surface area contributed by atoms with Gasteiger partial charge in [-0.1, -0.05) is 30.3 Å². The molecule has 1 aromatic heterocycles. The molecular weight excluding hydrogens is 288 g/mol. The first-order valence-electron chi connectivity index (χ1n) is 6.73. The first kappa shape index (κ1) is 15.8. The summed E-state index contributed by atoms with van der Waals surface area (Å²) >= 11 is 0. The maximum absolute atomic E-state index is 12.6. The Morgan fingerprint density at radius 1 is 1.19 bits per heavy atom. The van der Waals surface area contributed by atoms with Gasteiger partial charge in [-0.05, 0) is 26.3 Å². The molecule has 2 aromatic rings. The summed E-state index contributed by atoms with van der Waals surface area (Å²) in [6.45, 7) is 5.28. The first-order valence-corrected chi connectivity index (χ1v) is 8.21. The molecule has 0 aliphatic carbocycles. The van der Waals surface area contributed by atoms with Crippen molar-refractivity contribution in [2.24, 2.45) is 5.73 Å². The van der Waals surface area contributed by atoms with E-state index in [1.54, 1.807) is 20.8 Å². The molecule has 1 aromatic carbocycles. The molecule has 0 aliphatic rings. The van der Waals surface area contributed by atoms with Crippen LogP contribution in [0, 0.1) is 13.8 Å². The Kier molecular flexibility index (Phi) is 4.51. The van der Waals surface area contributed by atoms with E-state index in [-0.39, 0.29) is 17.5 Å². The van der Waals surface area contributed by atoms with Gasteiger partial charge in [0.1, 0.15) is 16.4 Å². The number of nitrogens with two attached hydrogens (primary N) is 1. The molecule has 5 nitrogen and oxygen atoms in total. The van der Waals surface area contributed by atoms with E-state index in [2.05, 4.69) is 4.72 Å². The quantitative estimate of drug-likeness (QED) is 0.888. The van der Waals surface area contributed by atoms with Crippen LogP contribution in [0.3, 0.4) is 0 Å². The summed E-state index contributed by atoms with van der Waals surface area (Å²) in [7, 11) is -3.68.